The van der Waals surface area contributed by atoms with Gasteiger partial charge in [0.25, 0.3) is 0 Å². The molecular weight excluding hydrogens is 829 g/mol. The molecule has 276 valence electrons. The molecule has 4 rings (SSSR count). The third kappa shape index (κ3) is 19.3. The molecule has 0 aliphatic rings. The second-order valence-electron chi connectivity index (χ2n) is 12.7. The van der Waals surface area contributed by atoms with Gasteiger partial charge >= 0.3 is 40.8 Å². The fraction of sp³-hybridized carbons (Fsp3) is 0.300. The van der Waals surface area contributed by atoms with Crippen molar-refractivity contribution in [3.63, 3.8) is 0 Å². The molecule has 0 heterocycles. The van der Waals surface area contributed by atoms with E-state index in [2.05, 4.69) is 20.0 Å². The van der Waals surface area contributed by atoms with Crippen LogP contribution < -0.4 is 20.4 Å². The van der Waals surface area contributed by atoms with Gasteiger partial charge in [0.05, 0.1) is 0 Å². The van der Waals surface area contributed by atoms with Crippen molar-refractivity contribution in [2.75, 3.05) is 32.8 Å². The van der Waals surface area contributed by atoms with Crippen molar-refractivity contribution in [3.05, 3.63) is 119 Å². The minimum Gasteiger partial charge on any atom is -0.872 e. The summed E-state index contributed by atoms with van der Waals surface area (Å²) in [5.41, 5.74) is 2.06. The normalized spacial score (nSPS) is 11.4. The van der Waals surface area contributed by atoms with Crippen LogP contribution in [0.15, 0.2) is 117 Å². The van der Waals surface area contributed by atoms with Gasteiger partial charge in [0, 0.05) is 68.5 Å². The third-order valence-corrected chi connectivity index (χ3v) is 6.67. The number of hydrogen-bond donors (Lipinski definition) is 1. The Morgan fingerprint density at radius 1 is 0.451 bits per heavy atom. The second kappa shape index (κ2) is 25.1. The largest absolute Gasteiger partial charge is 2.00 e. The van der Waals surface area contributed by atoms with Crippen LogP contribution in [-0.2, 0) is 40.8 Å². The first kappa shape index (κ1) is 47.0. The quantitative estimate of drug-likeness (QED) is 0.160. The molecule has 0 amide bonds. The van der Waals surface area contributed by atoms with Gasteiger partial charge in [-0.3, -0.25) is 20.0 Å². The van der Waals surface area contributed by atoms with Gasteiger partial charge in [-0.1, -0.05) is 125 Å². The van der Waals surface area contributed by atoms with E-state index >= 15 is 0 Å². The van der Waals surface area contributed by atoms with Gasteiger partial charge < -0.3 is 25.5 Å². The maximum Gasteiger partial charge on any atom is 2.00 e. The molecule has 51 heavy (non-hydrogen) atoms. The smallest absolute Gasteiger partial charge is 0.872 e. The topological polar surface area (TPSA) is 162 Å². The van der Waals surface area contributed by atoms with Crippen LogP contribution in [0, 0.1) is 10.8 Å². The molecule has 0 fully saturated rings. The number of aliphatic hydroxyl groups is 1. The molecule has 0 saturated carbocycles. The van der Waals surface area contributed by atoms with Crippen LogP contribution in [0.25, 0.3) is 0 Å². The van der Waals surface area contributed by atoms with Gasteiger partial charge in [0.1, 0.15) is 0 Å². The van der Waals surface area contributed by atoms with E-state index in [1.165, 1.54) is 24.3 Å². The Balaban J connectivity index is 0.000000878. The number of hydrogen-bond acceptors (Lipinski definition) is 9. The van der Waals surface area contributed by atoms with Gasteiger partial charge in [0.2, 0.25) is 0 Å². The van der Waals surface area contributed by atoms with Gasteiger partial charge in [-0.05, 0) is 29.2 Å². The van der Waals surface area contributed by atoms with E-state index < -0.39 is 0 Å². The Labute approximate surface area is 330 Å². The molecule has 1 N–H and O–H groups in total. The molecule has 0 aromatic heterocycles. The fourth-order valence-corrected chi connectivity index (χ4v) is 4.01. The van der Waals surface area contributed by atoms with Crippen LogP contribution in [0.2, 0.25) is 0 Å². The number of nitrogens with zero attached hydrogens (tertiary/aromatic N) is 4. The van der Waals surface area contributed by atoms with Crippen molar-refractivity contribution < 1.29 is 66.4 Å². The van der Waals surface area contributed by atoms with E-state index in [9.17, 15) is 20.4 Å². The Bertz CT molecular complexity index is 1450. The van der Waals surface area contributed by atoms with E-state index in [0.717, 1.165) is 0 Å². The van der Waals surface area contributed by atoms with Crippen LogP contribution in [0.3, 0.4) is 0 Å². The average Bonchev–Trinajstić information content (AvgIpc) is 3.05. The Morgan fingerprint density at radius 2 is 0.627 bits per heavy atom. The summed E-state index contributed by atoms with van der Waals surface area (Å²) in [6.45, 7) is 12.3. The summed E-state index contributed by atoms with van der Waals surface area (Å²) in [6, 6.07) is 27.2. The molecule has 0 bridgehead atoms. The summed E-state index contributed by atoms with van der Waals surface area (Å²) in [5.74, 6) is -0.114. The van der Waals surface area contributed by atoms with Gasteiger partial charge in [-0.25, -0.2) is 0 Å². The fourth-order valence-electron chi connectivity index (χ4n) is 4.01. The molecule has 4 aromatic carbocycles. The van der Waals surface area contributed by atoms with Crippen LogP contribution in [0.1, 0.15) is 56.9 Å². The molecule has 0 unspecified atom stereocenters. The SMILES string of the molecule is CC(C)(CN=Cc1ccccc1[O-])CN=Cc1ccccc1[O-].CC(C)(CN=Cc1ccccc1[O-])CN=Cc1ccccc1[O-].CCO.[Pd+2].[Pd+2]. The summed E-state index contributed by atoms with van der Waals surface area (Å²) in [5, 5.41) is 53.9. The zero-order valence-electron chi connectivity index (χ0n) is 29.6. The standard InChI is InChI=1S/2C19H22N2O2.C2H6O.2Pd/c2*1-19(2,13-20-11-15-7-3-5-9-17(15)22)14-21-12-16-8-4-6-10-18(16)23;1-2-3;;/h2*3-12,22-23H,13-14H2,1-2H3;3H,2H2,1H3;;/q;;;2*+2/p-4. The maximum atomic E-state index is 11.6. The van der Waals surface area contributed by atoms with Crippen molar-refractivity contribution in [2.24, 2.45) is 30.8 Å². The van der Waals surface area contributed by atoms with Crippen molar-refractivity contribution in [3.8, 4) is 23.0 Å². The molecule has 0 saturated heterocycles. The summed E-state index contributed by atoms with van der Waals surface area (Å²) >= 11 is 0. The van der Waals surface area contributed by atoms with E-state index in [-0.39, 0.29) is 81.3 Å². The number of aliphatic imine (C=N–C) groups is 4. The zero-order chi connectivity index (χ0) is 36.1. The van der Waals surface area contributed by atoms with E-state index in [1.807, 2.05) is 52.0 Å². The number of benzene rings is 4. The van der Waals surface area contributed by atoms with Crippen LogP contribution in [0.5, 0.6) is 23.0 Å². The minimum absolute atomic E-state index is 0. The maximum absolute atomic E-state index is 11.6. The first-order valence-corrected chi connectivity index (χ1v) is 16.0. The number of aliphatic hydroxyl groups excluding tert-OH is 1. The number of para-hydroxylation sites is 4. The van der Waals surface area contributed by atoms with Crippen LogP contribution in [-0.4, -0.2) is 62.8 Å². The average molecular weight is 876 g/mol. The van der Waals surface area contributed by atoms with Crippen LogP contribution in [0.4, 0.5) is 0 Å². The predicted octanol–water partition coefficient (Wildman–Crippen LogP) is 4.79. The summed E-state index contributed by atoms with van der Waals surface area (Å²) in [7, 11) is 0. The first-order valence-electron chi connectivity index (χ1n) is 16.0. The molecule has 4 aromatic rings. The molecule has 0 aliphatic heterocycles. The molecule has 11 heteroatoms. The summed E-state index contributed by atoms with van der Waals surface area (Å²) in [6.07, 6.45) is 6.45. The van der Waals surface area contributed by atoms with E-state index in [4.69, 9.17) is 5.11 Å². The van der Waals surface area contributed by atoms with Crippen molar-refractivity contribution in [2.45, 2.75) is 34.6 Å². The Morgan fingerprint density at radius 3 is 0.804 bits per heavy atom. The Hall–Kier alpha value is -3.96. The van der Waals surface area contributed by atoms with Crippen LogP contribution >= 0.6 is 0 Å². The van der Waals surface area contributed by atoms with Gasteiger partial charge in [0.15, 0.2) is 0 Å². The second-order valence-corrected chi connectivity index (χ2v) is 12.7. The minimum atomic E-state index is -0.150. The third-order valence-electron chi connectivity index (χ3n) is 6.67. The molecule has 0 spiro atoms. The van der Waals surface area contributed by atoms with Gasteiger partial charge in [-0.2, -0.15) is 0 Å². The van der Waals surface area contributed by atoms with Crippen molar-refractivity contribution >= 4 is 24.9 Å². The zero-order valence-corrected chi connectivity index (χ0v) is 32.7. The number of rotatable bonds is 12. The molecular formula is C40H46N4O5Pd2. The van der Waals surface area contributed by atoms with Gasteiger partial charge in [-0.15, -0.1) is 23.0 Å². The predicted molar refractivity (Wildman–Crippen MR) is 194 cm³/mol. The van der Waals surface area contributed by atoms with E-state index in [1.54, 1.807) is 80.3 Å². The van der Waals surface area contributed by atoms with Crippen molar-refractivity contribution in [1.29, 1.82) is 0 Å². The van der Waals surface area contributed by atoms with Crippen molar-refractivity contribution in [1.82, 2.24) is 0 Å². The monoisotopic (exact) mass is 874 g/mol. The Kier molecular flexibility index (Phi) is 23.1. The van der Waals surface area contributed by atoms with E-state index in [0.29, 0.717) is 48.4 Å². The molecule has 0 radical (unpaired) electrons. The summed E-state index contributed by atoms with van der Waals surface area (Å²) < 4.78 is 0. The molecule has 9 nitrogen and oxygen atoms in total. The summed E-state index contributed by atoms with van der Waals surface area (Å²) in [4.78, 5) is 17.4. The molecule has 0 aliphatic carbocycles. The molecule has 0 atom stereocenters. The first-order chi connectivity index (χ1) is 23.4.